The molecule has 2 amide bonds. The Kier molecular flexibility index (Phi) is 4.84. The number of anilines is 2. The van der Waals surface area contributed by atoms with Gasteiger partial charge in [-0.05, 0) is 42.8 Å². The van der Waals surface area contributed by atoms with Gasteiger partial charge in [0.25, 0.3) is 5.91 Å². The third-order valence-corrected chi connectivity index (χ3v) is 5.66. The molecule has 2 aliphatic heterocycles. The number of para-hydroxylation sites is 1. The minimum Gasteiger partial charge on any atom is -0.484 e. The van der Waals surface area contributed by atoms with Crippen molar-refractivity contribution in [2.24, 2.45) is 0 Å². The van der Waals surface area contributed by atoms with Gasteiger partial charge in [-0.2, -0.15) is 0 Å². The molecule has 0 unspecified atom stereocenters. The van der Waals surface area contributed by atoms with Crippen molar-refractivity contribution in [3.63, 3.8) is 0 Å². The van der Waals surface area contributed by atoms with Gasteiger partial charge in [-0.3, -0.25) is 9.59 Å². The maximum atomic E-state index is 12.6. The fourth-order valence-corrected chi connectivity index (χ4v) is 4.29. The minimum absolute atomic E-state index is 0.000985. The Bertz CT molecular complexity index is 822. The molecule has 0 N–H and O–H groups in total. The van der Waals surface area contributed by atoms with Crippen molar-refractivity contribution in [1.82, 2.24) is 0 Å². The molecule has 0 radical (unpaired) electrons. The fourth-order valence-electron chi connectivity index (χ4n) is 3.30. The van der Waals surface area contributed by atoms with Crippen molar-refractivity contribution in [3.8, 4) is 5.75 Å². The van der Waals surface area contributed by atoms with Gasteiger partial charge < -0.3 is 14.5 Å². The molecule has 6 heteroatoms. The first-order valence-corrected chi connectivity index (χ1v) is 9.76. The maximum absolute atomic E-state index is 12.6. The van der Waals surface area contributed by atoms with Crippen LogP contribution < -0.4 is 14.5 Å². The molecule has 1 fully saturated rings. The highest BCUT2D eigenvalue weighted by Gasteiger charge is 2.23. The zero-order valence-electron chi connectivity index (χ0n) is 14.4. The summed E-state index contributed by atoms with van der Waals surface area (Å²) in [5, 5.41) is 0. The van der Waals surface area contributed by atoms with E-state index in [9.17, 15) is 9.59 Å². The van der Waals surface area contributed by atoms with Gasteiger partial charge in [-0.1, -0.05) is 12.1 Å². The van der Waals surface area contributed by atoms with Crippen molar-refractivity contribution < 1.29 is 14.3 Å². The molecule has 4 rings (SSSR count). The summed E-state index contributed by atoms with van der Waals surface area (Å²) in [6.45, 7) is 1.46. The van der Waals surface area contributed by atoms with Crippen molar-refractivity contribution in [2.75, 3.05) is 35.2 Å². The number of hydrogen-bond donors (Lipinski definition) is 0. The SMILES string of the molecule is O=C1CCCN1c1ccc(OCC(=O)N2CCSc3ccccc32)cc1. The molecule has 134 valence electrons. The van der Waals surface area contributed by atoms with Gasteiger partial charge in [0.1, 0.15) is 5.75 Å². The molecule has 2 aliphatic rings. The normalized spacial score (nSPS) is 16.5. The van der Waals surface area contributed by atoms with E-state index in [0.717, 1.165) is 35.0 Å². The van der Waals surface area contributed by atoms with Crippen LogP contribution in [0.3, 0.4) is 0 Å². The first-order chi connectivity index (χ1) is 12.7. The highest BCUT2D eigenvalue weighted by atomic mass is 32.2. The highest BCUT2D eigenvalue weighted by molar-refractivity contribution is 7.99. The van der Waals surface area contributed by atoms with Crippen LogP contribution in [-0.2, 0) is 9.59 Å². The van der Waals surface area contributed by atoms with Crippen molar-refractivity contribution >= 4 is 35.0 Å². The molecule has 2 heterocycles. The van der Waals surface area contributed by atoms with E-state index < -0.39 is 0 Å². The molecule has 0 bridgehead atoms. The summed E-state index contributed by atoms with van der Waals surface area (Å²) in [5.74, 6) is 1.64. The lowest BCUT2D eigenvalue weighted by molar-refractivity contribution is -0.120. The predicted octanol–water partition coefficient (Wildman–Crippen LogP) is 3.33. The van der Waals surface area contributed by atoms with Gasteiger partial charge in [-0.25, -0.2) is 0 Å². The van der Waals surface area contributed by atoms with E-state index in [-0.39, 0.29) is 18.4 Å². The second kappa shape index (κ2) is 7.41. The number of amides is 2. The molecule has 0 aliphatic carbocycles. The Morgan fingerprint density at radius 1 is 1.08 bits per heavy atom. The summed E-state index contributed by atoms with van der Waals surface area (Å²) >= 11 is 1.77. The van der Waals surface area contributed by atoms with Crippen molar-refractivity contribution in [3.05, 3.63) is 48.5 Å². The summed E-state index contributed by atoms with van der Waals surface area (Å²) in [4.78, 5) is 29.1. The van der Waals surface area contributed by atoms with Gasteiger partial charge in [0.2, 0.25) is 5.91 Å². The molecular weight excluding hydrogens is 348 g/mol. The van der Waals surface area contributed by atoms with Crippen LogP contribution in [0.5, 0.6) is 5.75 Å². The summed E-state index contributed by atoms with van der Waals surface area (Å²) < 4.78 is 5.68. The quantitative estimate of drug-likeness (QED) is 0.831. The number of hydrogen-bond acceptors (Lipinski definition) is 4. The van der Waals surface area contributed by atoms with Crippen LogP contribution in [0.2, 0.25) is 0 Å². The molecule has 0 spiro atoms. The third-order valence-electron chi connectivity index (χ3n) is 4.61. The number of ether oxygens (including phenoxy) is 1. The fraction of sp³-hybridized carbons (Fsp3) is 0.300. The molecule has 26 heavy (non-hydrogen) atoms. The van der Waals surface area contributed by atoms with E-state index in [4.69, 9.17) is 4.74 Å². The third kappa shape index (κ3) is 3.42. The summed E-state index contributed by atoms with van der Waals surface area (Å²) in [6, 6.07) is 15.3. The van der Waals surface area contributed by atoms with Gasteiger partial charge in [0.05, 0.1) is 5.69 Å². The van der Waals surface area contributed by atoms with Crippen molar-refractivity contribution in [1.29, 1.82) is 0 Å². The number of nitrogens with zero attached hydrogens (tertiary/aromatic N) is 2. The van der Waals surface area contributed by atoms with E-state index in [0.29, 0.717) is 18.7 Å². The lowest BCUT2D eigenvalue weighted by atomic mass is 10.2. The van der Waals surface area contributed by atoms with Gasteiger partial charge in [-0.15, -0.1) is 11.8 Å². The van der Waals surface area contributed by atoms with Crippen molar-refractivity contribution in [2.45, 2.75) is 17.7 Å². The number of carbonyl (C=O) groups is 2. The smallest absolute Gasteiger partial charge is 0.264 e. The Labute approximate surface area is 156 Å². The van der Waals surface area contributed by atoms with Crippen LogP contribution in [0, 0.1) is 0 Å². The zero-order chi connectivity index (χ0) is 17.9. The number of fused-ring (bicyclic) bond motifs is 1. The first-order valence-electron chi connectivity index (χ1n) is 8.78. The van der Waals surface area contributed by atoms with E-state index in [1.165, 1.54) is 0 Å². The highest BCUT2D eigenvalue weighted by Crippen LogP contribution is 2.34. The summed E-state index contributed by atoms with van der Waals surface area (Å²) in [6.07, 6.45) is 1.52. The van der Waals surface area contributed by atoms with Crippen LogP contribution in [0.4, 0.5) is 11.4 Å². The molecule has 2 aromatic carbocycles. The largest absolute Gasteiger partial charge is 0.484 e. The van der Waals surface area contributed by atoms with Crippen LogP contribution in [0.25, 0.3) is 0 Å². The van der Waals surface area contributed by atoms with Gasteiger partial charge in [0.15, 0.2) is 6.61 Å². The number of rotatable bonds is 4. The Hall–Kier alpha value is -2.47. The lowest BCUT2D eigenvalue weighted by Crippen LogP contribution is -2.38. The van der Waals surface area contributed by atoms with E-state index in [1.807, 2.05) is 48.5 Å². The van der Waals surface area contributed by atoms with Crippen LogP contribution in [0.1, 0.15) is 12.8 Å². The molecule has 0 saturated carbocycles. The lowest BCUT2D eigenvalue weighted by Gasteiger charge is -2.28. The van der Waals surface area contributed by atoms with Gasteiger partial charge >= 0.3 is 0 Å². The average Bonchev–Trinajstić information content (AvgIpc) is 3.12. The second-order valence-electron chi connectivity index (χ2n) is 6.29. The second-order valence-corrected chi connectivity index (χ2v) is 7.43. The van der Waals surface area contributed by atoms with Crippen LogP contribution >= 0.6 is 11.8 Å². The molecule has 1 saturated heterocycles. The molecular formula is C20H20N2O3S. The van der Waals surface area contributed by atoms with Gasteiger partial charge in [0, 0.05) is 35.8 Å². The molecule has 5 nitrogen and oxygen atoms in total. The predicted molar refractivity (Wildman–Crippen MR) is 103 cm³/mol. The van der Waals surface area contributed by atoms with Crippen LogP contribution in [0.15, 0.2) is 53.4 Å². The topological polar surface area (TPSA) is 49.9 Å². The maximum Gasteiger partial charge on any atom is 0.264 e. The first kappa shape index (κ1) is 17.0. The summed E-state index contributed by atoms with van der Waals surface area (Å²) in [5.41, 5.74) is 1.84. The Morgan fingerprint density at radius 2 is 1.88 bits per heavy atom. The molecule has 2 aromatic rings. The monoisotopic (exact) mass is 368 g/mol. The average molecular weight is 368 g/mol. The van der Waals surface area contributed by atoms with E-state index in [2.05, 4.69) is 0 Å². The molecule has 0 aromatic heterocycles. The Morgan fingerprint density at radius 3 is 2.65 bits per heavy atom. The number of carbonyl (C=O) groups excluding carboxylic acids is 2. The minimum atomic E-state index is -0.0449. The van der Waals surface area contributed by atoms with E-state index in [1.54, 1.807) is 21.6 Å². The molecule has 0 atom stereocenters. The van der Waals surface area contributed by atoms with Crippen LogP contribution in [-0.4, -0.2) is 37.3 Å². The van der Waals surface area contributed by atoms with E-state index >= 15 is 0 Å². The number of benzene rings is 2. The Balaban J connectivity index is 1.38. The summed E-state index contributed by atoms with van der Waals surface area (Å²) in [7, 11) is 0. The number of thioether (sulfide) groups is 1. The standard InChI is InChI=1S/C20H20N2O3S/c23-19-6-3-11-21(19)15-7-9-16(10-8-15)25-14-20(24)22-12-13-26-18-5-2-1-4-17(18)22/h1-2,4-5,7-10H,3,6,11-14H2. The zero-order valence-corrected chi connectivity index (χ0v) is 15.2.